The zero-order valence-electron chi connectivity index (χ0n) is 9.13. The topological polar surface area (TPSA) is 90.9 Å². The zero-order valence-corrected chi connectivity index (χ0v) is 13.1. The molecule has 0 aliphatic rings. The molecule has 0 saturated carbocycles. The van der Waals surface area contributed by atoms with Crippen LogP contribution in [0.1, 0.15) is 0 Å². The minimum absolute atomic E-state index is 0.270. The Morgan fingerprint density at radius 3 is 2.17 bits per heavy atom. The number of rotatable bonds is 2. The second kappa shape index (κ2) is 4.72. The average molecular weight is 396 g/mol. The number of halogens is 2. The number of hydrogen-bond acceptors (Lipinski definition) is 4. The van der Waals surface area contributed by atoms with E-state index in [2.05, 4.69) is 42.1 Å². The van der Waals surface area contributed by atoms with Gasteiger partial charge in [-0.2, -0.15) is 0 Å². The first kappa shape index (κ1) is 13.7. The molecule has 0 unspecified atom stereocenters. The van der Waals surface area contributed by atoms with Gasteiger partial charge in [-0.3, -0.25) is 4.57 Å². The molecule has 2 N–H and O–H groups in total. The summed E-state index contributed by atoms with van der Waals surface area (Å²) in [5, 5.41) is 12.2. The SMILES string of the molecule is Cn1c(-c2cc(Br)cc(Br)c2)nnc1S(N)(=O)=O. The molecule has 6 nitrogen and oxygen atoms in total. The highest BCUT2D eigenvalue weighted by Gasteiger charge is 2.19. The lowest BCUT2D eigenvalue weighted by Crippen LogP contribution is -2.17. The van der Waals surface area contributed by atoms with Crippen molar-refractivity contribution in [3.05, 3.63) is 27.1 Å². The summed E-state index contributed by atoms with van der Waals surface area (Å²) in [6.45, 7) is 0. The van der Waals surface area contributed by atoms with Crippen LogP contribution >= 0.6 is 31.9 Å². The van der Waals surface area contributed by atoms with Gasteiger partial charge in [-0.25, -0.2) is 13.6 Å². The molecular weight excluding hydrogens is 388 g/mol. The van der Waals surface area contributed by atoms with E-state index in [1.807, 2.05) is 18.2 Å². The Morgan fingerprint density at radius 1 is 1.17 bits per heavy atom. The Hall–Kier alpha value is -0.770. The minimum atomic E-state index is -3.87. The molecule has 9 heteroatoms. The first-order valence-corrected chi connectivity index (χ1v) is 7.81. The fraction of sp³-hybridized carbons (Fsp3) is 0.111. The van der Waals surface area contributed by atoms with Gasteiger partial charge >= 0.3 is 0 Å². The zero-order chi connectivity index (χ0) is 13.5. The third-order valence-electron chi connectivity index (χ3n) is 2.21. The maximum atomic E-state index is 11.3. The molecule has 0 radical (unpaired) electrons. The van der Waals surface area contributed by atoms with E-state index in [1.165, 1.54) is 4.57 Å². The van der Waals surface area contributed by atoms with Gasteiger partial charge in [0.25, 0.3) is 15.2 Å². The summed E-state index contributed by atoms with van der Waals surface area (Å²) >= 11 is 6.70. The lowest BCUT2D eigenvalue weighted by atomic mass is 10.2. The molecular formula is C9H8Br2N4O2S. The lowest BCUT2D eigenvalue weighted by molar-refractivity contribution is 0.580. The van der Waals surface area contributed by atoms with Crippen molar-refractivity contribution < 1.29 is 8.42 Å². The van der Waals surface area contributed by atoms with Gasteiger partial charge in [-0.05, 0) is 18.2 Å². The fourth-order valence-corrected chi connectivity index (χ4v) is 3.41. The molecule has 0 atom stereocenters. The van der Waals surface area contributed by atoms with Crippen LogP contribution in [0.25, 0.3) is 11.4 Å². The van der Waals surface area contributed by atoms with Crippen LogP contribution in [0.4, 0.5) is 0 Å². The third-order valence-corrected chi connectivity index (χ3v) is 3.99. The average Bonchev–Trinajstić information content (AvgIpc) is 2.57. The third kappa shape index (κ3) is 2.63. The maximum Gasteiger partial charge on any atom is 0.273 e. The lowest BCUT2D eigenvalue weighted by Gasteiger charge is -2.04. The van der Waals surface area contributed by atoms with E-state index >= 15 is 0 Å². The van der Waals surface area contributed by atoms with E-state index in [0.717, 1.165) is 14.5 Å². The molecule has 2 aromatic rings. The van der Waals surface area contributed by atoms with Crippen molar-refractivity contribution in [2.24, 2.45) is 12.2 Å². The minimum Gasteiger partial charge on any atom is -0.300 e. The molecule has 2 rings (SSSR count). The highest BCUT2D eigenvalue weighted by Crippen LogP contribution is 2.27. The van der Waals surface area contributed by atoms with Gasteiger partial charge in [-0.15, -0.1) is 10.2 Å². The summed E-state index contributed by atoms with van der Waals surface area (Å²) in [5.41, 5.74) is 0.723. The van der Waals surface area contributed by atoms with E-state index in [0.29, 0.717) is 5.82 Å². The number of benzene rings is 1. The van der Waals surface area contributed by atoms with Crippen LogP contribution in [0.5, 0.6) is 0 Å². The van der Waals surface area contributed by atoms with E-state index in [1.54, 1.807) is 7.05 Å². The van der Waals surface area contributed by atoms with Crippen LogP contribution < -0.4 is 5.14 Å². The number of sulfonamides is 1. The van der Waals surface area contributed by atoms with Gasteiger partial charge in [0.1, 0.15) is 0 Å². The quantitative estimate of drug-likeness (QED) is 0.836. The Morgan fingerprint density at radius 2 is 1.72 bits per heavy atom. The van der Waals surface area contributed by atoms with E-state index < -0.39 is 10.0 Å². The van der Waals surface area contributed by atoms with Crippen molar-refractivity contribution in [2.45, 2.75) is 5.16 Å². The number of nitrogens with zero attached hydrogens (tertiary/aromatic N) is 3. The first-order chi connectivity index (χ1) is 8.29. The van der Waals surface area contributed by atoms with Gasteiger partial charge in [0.05, 0.1) is 0 Å². The smallest absolute Gasteiger partial charge is 0.273 e. The van der Waals surface area contributed by atoms with Gasteiger partial charge in [0.2, 0.25) is 0 Å². The summed E-state index contributed by atoms with van der Waals surface area (Å²) in [6, 6.07) is 5.48. The van der Waals surface area contributed by atoms with Crippen LogP contribution in [-0.2, 0) is 17.1 Å². The van der Waals surface area contributed by atoms with Crippen LogP contribution in [0.3, 0.4) is 0 Å². The maximum absolute atomic E-state index is 11.3. The van der Waals surface area contributed by atoms with Gasteiger partial charge in [0.15, 0.2) is 5.82 Å². The number of primary sulfonamides is 1. The fourth-order valence-electron chi connectivity index (χ4n) is 1.50. The normalized spacial score (nSPS) is 11.8. The van der Waals surface area contributed by atoms with Crippen LogP contribution in [0.15, 0.2) is 32.3 Å². The molecule has 0 bridgehead atoms. The second-order valence-electron chi connectivity index (χ2n) is 3.57. The molecule has 0 aliphatic carbocycles. The van der Waals surface area contributed by atoms with Crippen LogP contribution in [-0.4, -0.2) is 23.2 Å². The molecule has 1 aromatic heterocycles. The predicted molar refractivity (Wildman–Crippen MR) is 73.2 cm³/mol. The second-order valence-corrected chi connectivity index (χ2v) is 6.85. The Labute approximate surface area is 121 Å². The standard InChI is InChI=1S/C9H8Br2N4O2S/c1-15-8(13-14-9(15)18(12,16)17)5-2-6(10)4-7(11)3-5/h2-4H,1H3,(H2,12,16,17). The molecule has 0 fully saturated rings. The van der Waals surface area contributed by atoms with Crippen molar-refractivity contribution in [1.82, 2.24) is 14.8 Å². The number of nitrogens with two attached hydrogens (primary N) is 1. The molecule has 0 saturated heterocycles. The molecule has 0 aliphatic heterocycles. The Bertz CT molecular complexity index is 691. The summed E-state index contributed by atoms with van der Waals surface area (Å²) in [4.78, 5) is 0. The van der Waals surface area contributed by atoms with Crippen LogP contribution in [0.2, 0.25) is 0 Å². The van der Waals surface area contributed by atoms with Crippen LogP contribution in [0, 0.1) is 0 Å². The molecule has 1 aromatic carbocycles. The predicted octanol–water partition coefficient (Wildman–Crippen LogP) is 1.65. The van der Waals surface area contributed by atoms with Crippen molar-refractivity contribution >= 4 is 41.9 Å². The number of aromatic nitrogens is 3. The first-order valence-electron chi connectivity index (χ1n) is 4.67. The van der Waals surface area contributed by atoms with Gasteiger partial charge in [-0.1, -0.05) is 31.9 Å². The largest absolute Gasteiger partial charge is 0.300 e. The summed E-state index contributed by atoms with van der Waals surface area (Å²) in [6.07, 6.45) is 0. The number of hydrogen-bond donors (Lipinski definition) is 1. The monoisotopic (exact) mass is 394 g/mol. The molecule has 0 spiro atoms. The molecule has 96 valence electrons. The summed E-state index contributed by atoms with van der Waals surface area (Å²) < 4.78 is 25.6. The van der Waals surface area contributed by atoms with Gasteiger partial charge in [0, 0.05) is 21.6 Å². The highest BCUT2D eigenvalue weighted by atomic mass is 79.9. The molecule has 18 heavy (non-hydrogen) atoms. The van der Waals surface area contributed by atoms with E-state index in [9.17, 15) is 8.42 Å². The van der Waals surface area contributed by atoms with Crippen molar-refractivity contribution in [1.29, 1.82) is 0 Å². The van der Waals surface area contributed by atoms with Crippen molar-refractivity contribution in [3.8, 4) is 11.4 Å². The molecule has 1 heterocycles. The van der Waals surface area contributed by atoms with Crippen molar-refractivity contribution in [2.75, 3.05) is 0 Å². The van der Waals surface area contributed by atoms with Gasteiger partial charge < -0.3 is 0 Å². The molecule has 0 amide bonds. The summed E-state index contributed by atoms with van der Waals surface area (Å²) in [7, 11) is -2.33. The van der Waals surface area contributed by atoms with E-state index in [4.69, 9.17) is 5.14 Å². The Balaban J connectivity index is 2.63. The van der Waals surface area contributed by atoms with Crippen molar-refractivity contribution in [3.63, 3.8) is 0 Å². The van der Waals surface area contributed by atoms with E-state index in [-0.39, 0.29) is 5.16 Å². The summed E-state index contributed by atoms with van der Waals surface area (Å²) in [5.74, 6) is 0.418. The Kier molecular flexibility index (Phi) is 3.58. The highest BCUT2D eigenvalue weighted by molar-refractivity contribution is 9.11.